The molecule has 0 aliphatic rings. The summed E-state index contributed by atoms with van der Waals surface area (Å²) in [5, 5.41) is 3.54. The van der Waals surface area contributed by atoms with Crippen molar-refractivity contribution in [2.45, 2.75) is 0 Å². The SMILES string of the molecule is O=C(CBr)c1ccc(OC(=O)c2ccc3ccccc3c2OC(=O)c2ccc3ccccc3c2)cc1. The molecule has 0 atom stereocenters. The summed E-state index contributed by atoms with van der Waals surface area (Å²) in [6.45, 7) is 0. The molecule has 5 nitrogen and oxygen atoms in total. The number of benzene rings is 5. The molecule has 0 aromatic heterocycles. The first-order chi connectivity index (χ1) is 17.5. The van der Waals surface area contributed by atoms with Crippen LogP contribution in [0, 0.1) is 0 Å². The van der Waals surface area contributed by atoms with Crippen LogP contribution < -0.4 is 9.47 Å². The van der Waals surface area contributed by atoms with Crippen LogP contribution in [0.5, 0.6) is 11.5 Å². The van der Waals surface area contributed by atoms with Crippen molar-refractivity contribution >= 4 is 55.2 Å². The second-order valence-electron chi connectivity index (χ2n) is 8.09. The van der Waals surface area contributed by atoms with E-state index in [-0.39, 0.29) is 28.2 Å². The van der Waals surface area contributed by atoms with E-state index in [9.17, 15) is 14.4 Å². The monoisotopic (exact) mass is 538 g/mol. The first kappa shape index (κ1) is 23.5. The van der Waals surface area contributed by atoms with Gasteiger partial charge in [-0.2, -0.15) is 0 Å². The standard InChI is InChI=1S/C30H19BrO5/c31-18-27(32)21-11-14-24(15-12-21)35-30(34)26-16-13-20-6-3-4-8-25(20)28(26)36-29(33)23-10-9-19-5-1-2-7-22(19)17-23/h1-17H,18H2. The van der Waals surface area contributed by atoms with Crippen LogP contribution in [0.25, 0.3) is 21.5 Å². The molecule has 0 fully saturated rings. The van der Waals surface area contributed by atoms with E-state index < -0.39 is 11.9 Å². The molecule has 0 aliphatic heterocycles. The lowest BCUT2D eigenvalue weighted by molar-refractivity contribution is 0.0708. The number of halogens is 1. The van der Waals surface area contributed by atoms with Crippen molar-refractivity contribution in [3.8, 4) is 11.5 Å². The summed E-state index contributed by atoms with van der Waals surface area (Å²) < 4.78 is 11.4. The summed E-state index contributed by atoms with van der Waals surface area (Å²) in [5.41, 5.74) is 0.985. The Morgan fingerprint density at radius 3 is 2.00 bits per heavy atom. The molecule has 0 saturated heterocycles. The van der Waals surface area contributed by atoms with Gasteiger partial charge in [-0.15, -0.1) is 0 Å². The lowest BCUT2D eigenvalue weighted by Crippen LogP contribution is -2.15. The van der Waals surface area contributed by atoms with Gasteiger partial charge < -0.3 is 9.47 Å². The van der Waals surface area contributed by atoms with Crippen molar-refractivity contribution in [2.24, 2.45) is 0 Å². The van der Waals surface area contributed by atoms with Gasteiger partial charge in [-0.25, -0.2) is 9.59 Å². The number of carbonyl (C=O) groups is 3. The van der Waals surface area contributed by atoms with Gasteiger partial charge in [-0.3, -0.25) is 4.79 Å². The van der Waals surface area contributed by atoms with E-state index in [1.165, 1.54) is 0 Å². The molecule has 0 N–H and O–H groups in total. The topological polar surface area (TPSA) is 69.7 Å². The van der Waals surface area contributed by atoms with E-state index in [4.69, 9.17) is 9.47 Å². The molecule has 5 aromatic carbocycles. The Labute approximate surface area is 215 Å². The van der Waals surface area contributed by atoms with Crippen LogP contribution in [0.4, 0.5) is 0 Å². The van der Waals surface area contributed by atoms with Gasteiger partial charge in [0.05, 0.1) is 10.9 Å². The predicted octanol–water partition coefficient (Wildman–Crippen LogP) is 7.01. The number of carbonyl (C=O) groups excluding carboxylic acids is 3. The Morgan fingerprint density at radius 1 is 0.611 bits per heavy atom. The highest BCUT2D eigenvalue weighted by Crippen LogP contribution is 2.32. The summed E-state index contributed by atoms with van der Waals surface area (Å²) in [6.07, 6.45) is 0. The van der Waals surface area contributed by atoms with Crippen molar-refractivity contribution in [3.05, 3.63) is 120 Å². The zero-order chi connectivity index (χ0) is 25.1. The average molecular weight is 539 g/mol. The predicted molar refractivity (Wildman–Crippen MR) is 142 cm³/mol. The molecule has 0 saturated carbocycles. The first-order valence-corrected chi connectivity index (χ1v) is 12.3. The molecular weight excluding hydrogens is 520 g/mol. The molecule has 5 aromatic rings. The summed E-state index contributed by atoms with van der Waals surface area (Å²) >= 11 is 3.14. The number of hydrogen-bond acceptors (Lipinski definition) is 5. The number of Topliss-reactive ketones (excluding diaryl/α,β-unsaturated/α-hetero) is 1. The molecule has 0 aliphatic carbocycles. The molecule has 0 heterocycles. The Kier molecular flexibility index (Phi) is 6.60. The van der Waals surface area contributed by atoms with Gasteiger partial charge in [0.15, 0.2) is 11.5 Å². The summed E-state index contributed by atoms with van der Waals surface area (Å²) in [4.78, 5) is 38.1. The van der Waals surface area contributed by atoms with Crippen LogP contribution in [0.2, 0.25) is 0 Å². The molecule has 0 amide bonds. The highest BCUT2D eigenvalue weighted by molar-refractivity contribution is 9.09. The van der Waals surface area contributed by atoms with Gasteiger partial charge in [0, 0.05) is 10.9 Å². The smallest absolute Gasteiger partial charge is 0.347 e. The Hall–Kier alpha value is -4.29. The average Bonchev–Trinajstić information content (AvgIpc) is 2.92. The van der Waals surface area contributed by atoms with Crippen LogP contribution in [0.15, 0.2) is 103 Å². The minimum Gasteiger partial charge on any atom is -0.423 e. The van der Waals surface area contributed by atoms with E-state index in [0.717, 1.165) is 16.2 Å². The molecule has 36 heavy (non-hydrogen) atoms. The van der Waals surface area contributed by atoms with E-state index >= 15 is 0 Å². The minimum atomic E-state index is -0.679. The first-order valence-electron chi connectivity index (χ1n) is 11.2. The third kappa shape index (κ3) is 4.76. The van der Waals surface area contributed by atoms with Crippen molar-refractivity contribution in [1.82, 2.24) is 0 Å². The second-order valence-corrected chi connectivity index (χ2v) is 8.65. The maximum Gasteiger partial charge on any atom is 0.347 e. The molecule has 0 bridgehead atoms. The van der Waals surface area contributed by atoms with Gasteiger partial charge in [-0.05, 0) is 58.6 Å². The second kappa shape index (κ2) is 10.1. The highest BCUT2D eigenvalue weighted by Gasteiger charge is 2.21. The van der Waals surface area contributed by atoms with Crippen LogP contribution in [0.1, 0.15) is 31.1 Å². The lowest BCUT2D eigenvalue weighted by atomic mass is 10.0. The van der Waals surface area contributed by atoms with Gasteiger partial charge in [0.25, 0.3) is 0 Å². The van der Waals surface area contributed by atoms with Crippen molar-refractivity contribution < 1.29 is 23.9 Å². The fourth-order valence-corrected chi connectivity index (χ4v) is 4.25. The third-order valence-corrected chi connectivity index (χ3v) is 6.30. The number of ketones is 1. The largest absolute Gasteiger partial charge is 0.423 e. The van der Waals surface area contributed by atoms with Crippen LogP contribution in [-0.4, -0.2) is 23.1 Å². The quantitative estimate of drug-likeness (QED) is 0.101. The normalized spacial score (nSPS) is 10.8. The molecular formula is C30H19BrO5. The molecule has 0 spiro atoms. The van der Waals surface area contributed by atoms with E-state index in [1.54, 1.807) is 54.6 Å². The fraction of sp³-hybridized carbons (Fsp3) is 0.0333. The summed E-state index contributed by atoms with van der Waals surface area (Å²) in [5.74, 6) is -0.941. The highest BCUT2D eigenvalue weighted by atomic mass is 79.9. The molecule has 176 valence electrons. The number of esters is 2. The molecule has 5 rings (SSSR count). The van der Waals surface area contributed by atoms with Gasteiger partial charge in [-0.1, -0.05) is 76.6 Å². The Balaban J connectivity index is 1.48. The van der Waals surface area contributed by atoms with Crippen molar-refractivity contribution in [1.29, 1.82) is 0 Å². The van der Waals surface area contributed by atoms with Crippen molar-refractivity contribution in [3.63, 3.8) is 0 Å². The fourth-order valence-electron chi connectivity index (χ4n) is 3.93. The molecule has 6 heteroatoms. The van der Waals surface area contributed by atoms with Crippen molar-refractivity contribution in [2.75, 3.05) is 5.33 Å². The maximum atomic E-state index is 13.2. The van der Waals surface area contributed by atoms with E-state index in [1.807, 2.05) is 48.5 Å². The molecule has 0 radical (unpaired) electrons. The third-order valence-electron chi connectivity index (χ3n) is 5.79. The van der Waals surface area contributed by atoms with Gasteiger partial charge >= 0.3 is 11.9 Å². The van der Waals surface area contributed by atoms with Gasteiger partial charge in [0.2, 0.25) is 0 Å². The Morgan fingerprint density at radius 2 is 1.25 bits per heavy atom. The minimum absolute atomic E-state index is 0.0784. The number of ether oxygens (including phenoxy) is 2. The number of fused-ring (bicyclic) bond motifs is 2. The Bertz CT molecular complexity index is 1620. The zero-order valence-corrected chi connectivity index (χ0v) is 20.5. The summed E-state index contributed by atoms with van der Waals surface area (Å²) in [6, 6.07) is 30.0. The number of alkyl halides is 1. The zero-order valence-electron chi connectivity index (χ0n) is 18.9. The number of hydrogen-bond donors (Lipinski definition) is 0. The van der Waals surface area contributed by atoms with E-state index in [0.29, 0.717) is 16.5 Å². The van der Waals surface area contributed by atoms with Gasteiger partial charge in [0.1, 0.15) is 11.3 Å². The maximum absolute atomic E-state index is 13.2. The summed E-state index contributed by atoms with van der Waals surface area (Å²) in [7, 11) is 0. The number of rotatable bonds is 6. The van der Waals surface area contributed by atoms with Crippen LogP contribution in [0.3, 0.4) is 0 Å². The van der Waals surface area contributed by atoms with E-state index in [2.05, 4.69) is 15.9 Å². The molecule has 0 unspecified atom stereocenters. The van der Waals surface area contributed by atoms with Crippen LogP contribution in [-0.2, 0) is 0 Å². The van der Waals surface area contributed by atoms with Crippen LogP contribution >= 0.6 is 15.9 Å². The lowest BCUT2D eigenvalue weighted by Gasteiger charge is -2.13.